The average Bonchev–Trinajstić information content (AvgIpc) is 2.70. The van der Waals surface area contributed by atoms with Crippen molar-refractivity contribution in [3.05, 3.63) is 71.8 Å². The highest BCUT2D eigenvalue weighted by atomic mass is 32.2. The first kappa shape index (κ1) is 24.4. The van der Waals surface area contributed by atoms with Crippen molar-refractivity contribution in [1.29, 1.82) is 0 Å². The van der Waals surface area contributed by atoms with Crippen LogP contribution in [0.1, 0.15) is 35.3 Å². The topological polar surface area (TPSA) is 84.5 Å². The van der Waals surface area contributed by atoms with Crippen LogP contribution in [0, 0.1) is 0 Å². The lowest BCUT2D eigenvalue weighted by Gasteiger charge is -2.17. The van der Waals surface area contributed by atoms with Crippen LogP contribution in [0.25, 0.3) is 0 Å². The maximum Gasteiger partial charge on any atom is 0.416 e. The molecule has 0 fully saturated rings. The van der Waals surface area contributed by atoms with Crippen molar-refractivity contribution >= 4 is 15.9 Å². The maximum atomic E-state index is 13.4. The van der Waals surface area contributed by atoms with Crippen LogP contribution < -0.4 is 14.8 Å². The summed E-state index contributed by atoms with van der Waals surface area (Å²) in [6, 6.07) is 8.59. The van der Waals surface area contributed by atoms with Crippen molar-refractivity contribution in [2.75, 3.05) is 6.54 Å². The Morgan fingerprint density at radius 1 is 1.16 bits per heavy atom. The SMILES string of the molecule is C=CCNS(=O)(=O)c1ccc(C(=O)NCc2ccc(OC(C)C)cc2C(F)(F)F)cc1. The average molecular weight is 456 g/mol. The van der Waals surface area contributed by atoms with E-state index in [0.717, 1.165) is 6.07 Å². The van der Waals surface area contributed by atoms with Crippen LogP contribution in [0.3, 0.4) is 0 Å². The van der Waals surface area contributed by atoms with Gasteiger partial charge in [-0.1, -0.05) is 12.1 Å². The molecule has 2 aromatic carbocycles. The summed E-state index contributed by atoms with van der Waals surface area (Å²) < 4.78 is 71.9. The van der Waals surface area contributed by atoms with Gasteiger partial charge in [-0.05, 0) is 55.8 Å². The molecule has 0 bridgehead atoms. The van der Waals surface area contributed by atoms with Crippen molar-refractivity contribution in [3.8, 4) is 5.75 Å². The number of hydrogen-bond donors (Lipinski definition) is 2. The van der Waals surface area contributed by atoms with Crippen LogP contribution >= 0.6 is 0 Å². The molecule has 0 atom stereocenters. The van der Waals surface area contributed by atoms with Gasteiger partial charge in [0, 0.05) is 18.7 Å². The number of carbonyl (C=O) groups is 1. The molecule has 0 saturated heterocycles. The molecule has 31 heavy (non-hydrogen) atoms. The van der Waals surface area contributed by atoms with E-state index in [1.54, 1.807) is 13.8 Å². The Morgan fingerprint density at radius 2 is 1.81 bits per heavy atom. The molecule has 0 aliphatic rings. The van der Waals surface area contributed by atoms with Gasteiger partial charge in [-0.15, -0.1) is 6.58 Å². The predicted molar refractivity (Wildman–Crippen MR) is 110 cm³/mol. The van der Waals surface area contributed by atoms with E-state index in [4.69, 9.17) is 4.74 Å². The molecule has 0 heterocycles. The van der Waals surface area contributed by atoms with Gasteiger partial charge < -0.3 is 10.1 Å². The predicted octanol–water partition coefficient (Wildman–Crippen LogP) is 3.89. The summed E-state index contributed by atoms with van der Waals surface area (Å²) in [4.78, 5) is 12.3. The van der Waals surface area contributed by atoms with Gasteiger partial charge in [0.25, 0.3) is 5.91 Å². The highest BCUT2D eigenvalue weighted by molar-refractivity contribution is 7.89. The van der Waals surface area contributed by atoms with E-state index >= 15 is 0 Å². The Kier molecular flexibility index (Phi) is 7.85. The first-order valence-corrected chi connectivity index (χ1v) is 10.8. The molecule has 2 N–H and O–H groups in total. The number of rotatable bonds is 9. The fourth-order valence-electron chi connectivity index (χ4n) is 2.63. The van der Waals surface area contributed by atoms with E-state index in [-0.39, 0.29) is 41.0 Å². The quantitative estimate of drug-likeness (QED) is 0.561. The van der Waals surface area contributed by atoms with E-state index in [1.165, 1.54) is 42.5 Å². The first-order valence-electron chi connectivity index (χ1n) is 9.29. The minimum Gasteiger partial charge on any atom is -0.491 e. The molecular weight excluding hydrogens is 433 g/mol. The van der Waals surface area contributed by atoms with Gasteiger partial charge in [0.05, 0.1) is 16.6 Å². The van der Waals surface area contributed by atoms with Gasteiger partial charge in [-0.25, -0.2) is 13.1 Å². The lowest BCUT2D eigenvalue weighted by atomic mass is 10.1. The number of alkyl halides is 3. The number of halogens is 3. The second-order valence-corrected chi connectivity index (χ2v) is 8.60. The summed E-state index contributed by atoms with van der Waals surface area (Å²) in [6.07, 6.45) is -3.52. The number of benzene rings is 2. The Morgan fingerprint density at radius 3 is 2.35 bits per heavy atom. The number of hydrogen-bond acceptors (Lipinski definition) is 4. The number of ether oxygens (including phenoxy) is 1. The molecule has 10 heteroatoms. The lowest BCUT2D eigenvalue weighted by Crippen LogP contribution is -2.25. The van der Waals surface area contributed by atoms with Gasteiger partial charge in [-0.3, -0.25) is 4.79 Å². The fraction of sp³-hybridized carbons (Fsp3) is 0.286. The summed E-state index contributed by atoms with van der Waals surface area (Å²) in [7, 11) is -3.74. The van der Waals surface area contributed by atoms with Gasteiger partial charge in [0.1, 0.15) is 5.75 Å². The molecule has 0 aromatic heterocycles. The zero-order valence-electron chi connectivity index (χ0n) is 17.0. The molecule has 0 radical (unpaired) electrons. The third kappa shape index (κ3) is 6.83. The maximum absolute atomic E-state index is 13.4. The number of amides is 1. The first-order chi connectivity index (χ1) is 14.4. The zero-order valence-corrected chi connectivity index (χ0v) is 17.8. The Balaban J connectivity index is 2.14. The van der Waals surface area contributed by atoms with Gasteiger partial charge in [-0.2, -0.15) is 13.2 Å². The van der Waals surface area contributed by atoms with Crippen molar-refractivity contribution in [2.45, 2.75) is 37.6 Å². The third-order valence-corrected chi connectivity index (χ3v) is 5.48. The molecule has 0 aliphatic carbocycles. The van der Waals surface area contributed by atoms with Crippen molar-refractivity contribution in [2.24, 2.45) is 0 Å². The van der Waals surface area contributed by atoms with E-state index in [9.17, 15) is 26.4 Å². The fourth-order valence-corrected chi connectivity index (χ4v) is 3.63. The summed E-state index contributed by atoms with van der Waals surface area (Å²) in [5, 5.41) is 2.42. The number of nitrogens with one attached hydrogen (secondary N) is 2. The van der Waals surface area contributed by atoms with Crippen LogP contribution in [0.2, 0.25) is 0 Å². The second kappa shape index (κ2) is 9.97. The highest BCUT2D eigenvalue weighted by Crippen LogP contribution is 2.34. The van der Waals surface area contributed by atoms with Gasteiger partial charge >= 0.3 is 6.18 Å². The zero-order chi connectivity index (χ0) is 23.2. The molecule has 0 aliphatic heterocycles. The van der Waals surface area contributed by atoms with E-state index in [2.05, 4.69) is 16.6 Å². The van der Waals surface area contributed by atoms with Gasteiger partial charge in [0.2, 0.25) is 10.0 Å². The van der Waals surface area contributed by atoms with E-state index < -0.39 is 27.7 Å². The summed E-state index contributed by atoms with van der Waals surface area (Å²) >= 11 is 0. The molecule has 0 spiro atoms. The van der Waals surface area contributed by atoms with Crippen LogP contribution in [-0.2, 0) is 22.7 Å². The van der Waals surface area contributed by atoms with Crippen molar-refractivity contribution in [3.63, 3.8) is 0 Å². The van der Waals surface area contributed by atoms with Crippen LogP contribution in [-0.4, -0.2) is 27.0 Å². The van der Waals surface area contributed by atoms with E-state index in [1.807, 2.05) is 0 Å². The summed E-state index contributed by atoms with van der Waals surface area (Å²) in [5.41, 5.74) is -0.915. The standard InChI is InChI=1S/C21H23F3N2O4S/c1-4-11-26-31(28,29)18-9-6-15(7-10-18)20(27)25-13-16-5-8-17(30-14(2)3)12-19(16)21(22,23)24/h4-10,12,14,26H,1,11,13H2,2-3H3,(H,25,27). The van der Waals surface area contributed by atoms with Crippen molar-refractivity contribution in [1.82, 2.24) is 10.0 Å². The molecule has 0 saturated carbocycles. The summed E-state index contributed by atoms with van der Waals surface area (Å²) in [6.45, 7) is 6.51. The normalized spacial score (nSPS) is 11.9. The largest absolute Gasteiger partial charge is 0.491 e. The van der Waals surface area contributed by atoms with Crippen LogP contribution in [0.5, 0.6) is 5.75 Å². The third-order valence-electron chi connectivity index (χ3n) is 4.04. The molecule has 168 valence electrons. The molecular formula is C21H23F3N2O4S. The smallest absolute Gasteiger partial charge is 0.416 e. The molecule has 6 nitrogen and oxygen atoms in total. The minimum atomic E-state index is -4.62. The number of sulfonamides is 1. The molecule has 0 unspecified atom stereocenters. The Labute approximate surface area is 179 Å². The molecule has 2 rings (SSSR count). The highest BCUT2D eigenvalue weighted by Gasteiger charge is 2.34. The van der Waals surface area contributed by atoms with Gasteiger partial charge in [0.15, 0.2) is 0 Å². The molecule has 2 aromatic rings. The second-order valence-electron chi connectivity index (χ2n) is 6.83. The minimum absolute atomic E-state index is 0.0487. The molecule has 1 amide bonds. The van der Waals surface area contributed by atoms with Crippen molar-refractivity contribution < 1.29 is 31.1 Å². The summed E-state index contributed by atoms with van der Waals surface area (Å²) in [5.74, 6) is -0.558. The Hall–Kier alpha value is -2.85. The van der Waals surface area contributed by atoms with E-state index in [0.29, 0.717) is 0 Å². The Bertz CT molecular complexity index is 1030. The van der Waals surface area contributed by atoms with Crippen LogP contribution in [0.15, 0.2) is 60.0 Å². The van der Waals surface area contributed by atoms with Crippen LogP contribution in [0.4, 0.5) is 13.2 Å². The monoisotopic (exact) mass is 456 g/mol. The lowest BCUT2D eigenvalue weighted by molar-refractivity contribution is -0.138. The number of carbonyl (C=O) groups excluding carboxylic acids is 1.